The van der Waals surface area contributed by atoms with Gasteiger partial charge in [0.2, 0.25) is 0 Å². The molecule has 0 spiro atoms. The first-order valence-corrected chi connectivity index (χ1v) is 11.4. The van der Waals surface area contributed by atoms with Crippen LogP contribution in [0.25, 0.3) is 0 Å². The van der Waals surface area contributed by atoms with Gasteiger partial charge >= 0.3 is 0 Å². The number of rotatable bonds is 7. The van der Waals surface area contributed by atoms with E-state index in [0.29, 0.717) is 18.2 Å². The first kappa shape index (κ1) is 21.2. The van der Waals surface area contributed by atoms with Gasteiger partial charge in [0.05, 0.1) is 18.4 Å². The normalized spacial score (nSPS) is 13.7. The van der Waals surface area contributed by atoms with Crippen LogP contribution < -0.4 is 14.8 Å². The molecule has 0 atom stereocenters. The van der Waals surface area contributed by atoms with E-state index in [-0.39, 0.29) is 22.1 Å². The average molecular weight is 417 g/mol. The van der Waals surface area contributed by atoms with E-state index in [1.54, 1.807) is 30.3 Å². The maximum absolute atomic E-state index is 13.2. The summed E-state index contributed by atoms with van der Waals surface area (Å²) in [6.45, 7) is 4.51. The molecule has 1 amide bonds. The summed E-state index contributed by atoms with van der Waals surface area (Å²) >= 11 is 0. The maximum Gasteiger partial charge on any atom is 0.265 e. The minimum Gasteiger partial charge on any atom is -0.495 e. The van der Waals surface area contributed by atoms with Crippen molar-refractivity contribution >= 4 is 21.6 Å². The number of benzene rings is 2. The Morgan fingerprint density at radius 1 is 1.10 bits per heavy atom. The van der Waals surface area contributed by atoms with Crippen LogP contribution >= 0.6 is 0 Å². The third kappa shape index (κ3) is 4.90. The minimum absolute atomic E-state index is 0.0954. The molecule has 0 saturated carbocycles. The molecule has 0 fully saturated rings. The number of nitrogens with one attached hydrogen (secondary N) is 2. The number of anilines is 1. The number of aryl methyl sites for hydroxylation is 2. The fourth-order valence-electron chi connectivity index (χ4n) is 3.47. The highest BCUT2D eigenvalue weighted by Crippen LogP contribution is 2.33. The Morgan fingerprint density at radius 2 is 1.76 bits per heavy atom. The molecule has 156 valence electrons. The molecular formula is C22H28N2O4S. The number of ether oxygens (including phenoxy) is 1. The van der Waals surface area contributed by atoms with Gasteiger partial charge in [0.25, 0.3) is 15.9 Å². The Hall–Kier alpha value is -2.54. The molecule has 0 saturated heterocycles. The van der Waals surface area contributed by atoms with Crippen LogP contribution in [0.15, 0.2) is 41.3 Å². The van der Waals surface area contributed by atoms with Gasteiger partial charge in [-0.3, -0.25) is 9.52 Å². The molecule has 0 heterocycles. The lowest BCUT2D eigenvalue weighted by Gasteiger charge is -2.20. The molecule has 0 aromatic heterocycles. The van der Waals surface area contributed by atoms with Crippen LogP contribution in [0, 0.1) is 5.92 Å². The topological polar surface area (TPSA) is 84.5 Å². The molecular weight excluding hydrogens is 388 g/mol. The number of para-hydroxylation sites is 1. The van der Waals surface area contributed by atoms with Gasteiger partial charge in [-0.25, -0.2) is 8.42 Å². The Balaban J connectivity index is 1.94. The first-order valence-electron chi connectivity index (χ1n) is 9.91. The van der Waals surface area contributed by atoms with Gasteiger partial charge < -0.3 is 10.1 Å². The molecule has 0 radical (unpaired) electrons. The third-order valence-corrected chi connectivity index (χ3v) is 6.39. The monoisotopic (exact) mass is 416 g/mol. The highest BCUT2D eigenvalue weighted by atomic mass is 32.2. The highest BCUT2D eigenvalue weighted by molar-refractivity contribution is 7.92. The number of hydrogen-bond donors (Lipinski definition) is 2. The maximum atomic E-state index is 13.2. The van der Waals surface area contributed by atoms with Crippen LogP contribution in [-0.2, 0) is 22.9 Å². The van der Waals surface area contributed by atoms with E-state index < -0.39 is 10.0 Å². The second kappa shape index (κ2) is 8.86. The van der Waals surface area contributed by atoms with Crippen LogP contribution in [0.1, 0.15) is 48.2 Å². The van der Waals surface area contributed by atoms with Gasteiger partial charge in [0.15, 0.2) is 0 Å². The molecule has 0 bridgehead atoms. The SMILES string of the molecule is COc1cc2c(cc1S(=O)(=O)Nc1ccccc1C(=O)NCC(C)C)CCCC2. The third-order valence-electron chi connectivity index (χ3n) is 5.00. The molecule has 29 heavy (non-hydrogen) atoms. The fourth-order valence-corrected chi connectivity index (χ4v) is 4.75. The molecule has 6 nitrogen and oxygen atoms in total. The van der Waals surface area contributed by atoms with E-state index >= 15 is 0 Å². The van der Waals surface area contributed by atoms with Crippen molar-refractivity contribution in [2.24, 2.45) is 5.92 Å². The van der Waals surface area contributed by atoms with Crippen molar-refractivity contribution in [1.29, 1.82) is 0 Å². The Labute approximate surface area is 172 Å². The van der Waals surface area contributed by atoms with E-state index in [1.165, 1.54) is 7.11 Å². The van der Waals surface area contributed by atoms with Crippen LogP contribution in [-0.4, -0.2) is 28.0 Å². The zero-order chi connectivity index (χ0) is 21.0. The van der Waals surface area contributed by atoms with Gasteiger partial charge in [-0.1, -0.05) is 26.0 Å². The Bertz CT molecular complexity index is 1000. The summed E-state index contributed by atoms with van der Waals surface area (Å²) in [6.07, 6.45) is 3.93. The molecule has 0 aliphatic heterocycles. The summed E-state index contributed by atoms with van der Waals surface area (Å²) in [7, 11) is -2.46. The van der Waals surface area contributed by atoms with Crippen molar-refractivity contribution in [3.05, 3.63) is 53.1 Å². The summed E-state index contributed by atoms with van der Waals surface area (Å²) in [5, 5.41) is 2.83. The standard InChI is InChI=1S/C22H28N2O4S/c1-15(2)14-23-22(25)18-10-6-7-11-19(18)24-29(26,27)21-13-17-9-5-4-8-16(17)12-20(21)28-3/h6-7,10-13,15,24H,4-5,8-9,14H2,1-3H3,(H,23,25). The summed E-state index contributed by atoms with van der Waals surface area (Å²) in [6, 6.07) is 10.1. The van der Waals surface area contributed by atoms with Crippen molar-refractivity contribution in [2.75, 3.05) is 18.4 Å². The lowest BCUT2D eigenvalue weighted by Crippen LogP contribution is -2.28. The molecule has 1 aliphatic rings. The first-order chi connectivity index (χ1) is 13.8. The Morgan fingerprint density at radius 3 is 2.41 bits per heavy atom. The Kier molecular flexibility index (Phi) is 6.47. The summed E-state index contributed by atoms with van der Waals surface area (Å²) in [5.41, 5.74) is 2.71. The lowest BCUT2D eigenvalue weighted by atomic mass is 9.92. The van der Waals surface area contributed by atoms with Gasteiger partial charge in [0, 0.05) is 6.54 Å². The van der Waals surface area contributed by atoms with Crippen LogP contribution in [0.4, 0.5) is 5.69 Å². The number of sulfonamides is 1. The zero-order valence-electron chi connectivity index (χ0n) is 17.1. The van der Waals surface area contributed by atoms with E-state index in [2.05, 4.69) is 10.0 Å². The van der Waals surface area contributed by atoms with E-state index in [4.69, 9.17) is 4.74 Å². The number of fused-ring (bicyclic) bond motifs is 1. The average Bonchev–Trinajstić information content (AvgIpc) is 2.71. The summed E-state index contributed by atoms with van der Waals surface area (Å²) in [4.78, 5) is 12.6. The quantitative estimate of drug-likeness (QED) is 0.720. The van der Waals surface area contributed by atoms with Crippen LogP contribution in [0.2, 0.25) is 0 Å². The van der Waals surface area contributed by atoms with E-state index in [0.717, 1.165) is 36.8 Å². The summed E-state index contributed by atoms with van der Waals surface area (Å²) < 4.78 is 34.3. The van der Waals surface area contributed by atoms with Gasteiger partial charge in [-0.15, -0.1) is 0 Å². The number of carbonyl (C=O) groups is 1. The van der Waals surface area contributed by atoms with Crippen molar-refractivity contribution in [2.45, 2.75) is 44.4 Å². The fraction of sp³-hybridized carbons (Fsp3) is 0.409. The molecule has 2 aromatic rings. The largest absolute Gasteiger partial charge is 0.495 e. The summed E-state index contributed by atoms with van der Waals surface area (Å²) in [5.74, 6) is 0.303. The number of hydrogen-bond acceptors (Lipinski definition) is 4. The smallest absolute Gasteiger partial charge is 0.265 e. The van der Waals surface area contributed by atoms with Crippen molar-refractivity contribution < 1.29 is 17.9 Å². The number of methoxy groups -OCH3 is 1. The zero-order valence-corrected chi connectivity index (χ0v) is 17.9. The van der Waals surface area contributed by atoms with Gasteiger partial charge in [-0.05, 0) is 67.0 Å². The predicted molar refractivity (Wildman–Crippen MR) is 114 cm³/mol. The molecule has 1 aliphatic carbocycles. The van der Waals surface area contributed by atoms with Crippen molar-refractivity contribution in [1.82, 2.24) is 5.32 Å². The lowest BCUT2D eigenvalue weighted by molar-refractivity contribution is 0.0950. The second-order valence-corrected chi connectivity index (χ2v) is 9.38. The number of amides is 1. The molecule has 2 N–H and O–H groups in total. The molecule has 2 aromatic carbocycles. The van der Waals surface area contributed by atoms with Crippen molar-refractivity contribution in [3.63, 3.8) is 0 Å². The predicted octanol–water partition coefficient (Wildman–Crippen LogP) is 3.76. The van der Waals surface area contributed by atoms with Gasteiger partial charge in [0.1, 0.15) is 10.6 Å². The highest BCUT2D eigenvalue weighted by Gasteiger charge is 2.25. The molecule has 0 unspecified atom stereocenters. The molecule has 3 rings (SSSR count). The van der Waals surface area contributed by atoms with E-state index in [1.807, 2.05) is 19.9 Å². The van der Waals surface area contributed by atoms with Gasteiger partial charge in [-0.2, -0.15) is 0 Å². The molecule has 7 heteroatoms. The minimum atomic E-state index is -3.93. The second-order valence-electron chi connectivity index (χ2n) is 7.73. The van der Waals surface area contributed by atoms with Crippen LogP contribution in [0.5, 0.6) is 5.75 Å². The van der Waals surface area contributed by atoms with Crippen LogP contribution in [0.3, 0.4) is 0 Å². The van der Waals surface area contributed by atoms with E-state index in [9.17, 15) is 13.2 Å². The van der Waals surface area contributed by atoms with Crippen molar-refractivity contribution in [3.8, 4) is 5.75 Å². The number of carbonyl (C=O) groups excluding carboxylic acids is 1.